The largest absolute Gasteiger partial charge is 0.339 e. The third-order valence-corrected chi connectivity index (χ3v) is 5.65. The zero-order valence-corrected chi connectivity index (χ0v) is 10.9. The fourth-order valence-corrected chi connectivity index (χ4v) is 4.56. The predicted molar refractivity (Wildman–Crippen MR) is 64.9 cm³/mol. The number of hydrogen-bond donors (Lipinski definition) is 1. The average Bonchev–Trinajstić information content (AvgIpc) is 2.96. The van der Waals surface area contributed by atoms with Gasteiger partial charge in [-0.1, -0.05) is 5.16 Å². The lowest BCUT2D eigenvalue weighted by Gasteiger charge is -2.02. The van der Waals surface area contributed by atoms with Crippen LogP contribution in [0.25, 0.3) is 0 Å². The maximum absolute atomic E-state index is 11.4. The summed E-state index contributed by atoms with van der Waals surface area (Å²) in [4.78, 5) is 4.38. The van der Waals surface area contributed by atoms with Crippen molar-refractivity contribution in [3.63, 3.8) is 0 Å². The van der Waals surface area contributed by atoms with Gasteiger partial charge in [0, 0.05) is 17.9 Å². The van der Waals surface area contributed by atoms with Gasteiger partial charge >= 0.3 is 0 Å². The molecule has 2 N–H and O–H groups in total. The first-order chi connectivity index (χ1) is 8.53. The Balaban J connectivity index is 1.74. The van der Waals surface area contributed by atoms with Crippen LogP contribution in [-0.2, 0) is 9.84 Å². The van der Waals surface area contributed by atoms with E-state index in [-0.39, 0.29) is 29.4 Å². The zero-order valence-electron chi connectivity index (χ0n) is 10.1. The molecular weight excluding hydrogens is 254 g/mol. The molecule has 0 bridgehead atoms. The van der Waals surface area contributed by atoms with Gasteiger partial charge in [0.1, 0.15) is 0 Å². The highest BCUT2D eigenvalue weighted by atomic mass is 32.2. The van der Waals surface area contributed by atoms with Gasteiger partial charge in [-0.15, -0.1) is 0 Å². The van der Waals surface area contributed by atoms with Crippen molar-refractivity contribution in [2.75, 3.05) is 11.5 Å². The lowest BCUT2D eigenvalue weighted by Crippen LogP contribution is -2.14. The second-order valence-corrected chi connectivity index (χ2v) is 7.59. The van der Waals surface area contributed by atoms with E-state index in [4.69, 9.17) is 10.3 Å². The van der Waals surface area contributed by atoms with Crippen molar-refractivity contribution in [2.24, 2.45) is 5.73 Å². The van der Waals surface area contributed by atoms with E-state index >= 15 is 0 Å². The third kappa shape index (κ3) is 2.29. The quantitative estimate of drug-likeness (QED) is 0.844. The van der Waals surface area contributed by atoms with Gasteiger partial charge in [0.2, 0.25) is 5.89 Å². The van der Waals surface area contributed by atoms with E-state index in [0.29, 0.717) is 18.1 Å². The van der Waals surface area contributed by atoms with E-state index in [9.17, 15) is 8.42 Å². The van der Waals surface area contributed by atoms with Crippen molar-refractivity contribution < 1.29 is 12.9 Å². The molecule has 0 aromatic carbocycles. The van der Waals surface area contributed by atoms with E-state index in [2.05, 4.69) is 10.1 Å². The zero-order chi connectivity index (χ0) is 12.8. The van der Waals surface area contributed by atoms with Gasteiger partial charge in [0.15, 0.2) is 15.7 Å². The first-order valence-corrected chi connectivity index (χ1v) is 8.15. The minimum Gasteiger partial charge on any atom is -0.339 e. The lowest BCUT2D eigenvalue weighted by molar-refractivity contribution is 0.347. The average molecular weight is 271 g/mol. The Bertz CT molecular complexity index is 539. The minimum atomic E-state index is -2.90. The molecule has 1 saturated heterocycles. The Morgan fingerprint density at radius 3 is 2.67 bits per heavy atom. The Kier molecular flexibility index (Phi) is 2.90. The molecular formula is C11H17N3O3S. The van der Waals surface area contributed by atoms with Crippen LogP contribution in [0.15, 0.2) is 4.52 Å². The molecule has 0 radical (unpaired) electrons. The smallest absolute Gasteiger partial charge is 0.229 e. The Hall–Kier alpha value is -0.950. The van der Waals surface area contributed by atoms with Gasteiger partial charge in [-0.05, 0) is 25.7 Å². The summed E-state index contributed by atoms with van der Waals surface area (Å²) in [5.74, 6) is 1.71. The number of nitrogens with two attached hydrogens (primary N) is 1. The third-order valence-electron chi connectivity index (χ3n) is 3.88. The Morgan fingerprint density at radius 1 is 1.22 bits per heavy atom. The summed E-state index contributed by atoms with van der Waals surface area (Å²) in [6.45, 7) is 0. The van der Waals surface area contributed by atoms with E-state index in [0.717, 1.165) is 19.3 Å². The van der Waals surface area contributed by atoms with E-state index in [1.807, 2.05) is 0 Å². The van der Waals surface area contributed by atoms with Crippen molar-refractivity contribution >= 4 is 9.84 Å². The monoisotopic (exact) mass is 271 g/mol. The van der Waals surface area contributed by atoms with Gasteiger partial charge in [0.25, 0.3) is 0 Å². The van der Waals surface area contributed by atoms with Crippen LogP contribution in [0.1, 0.15) is 49.2 Å². The van der Waals surface area contributed by atoms with Gasteiger partial charge in [-0.2, -0.15) is 4.98 Å². The summed E-state index contributed by atoms with van der Waals surface area (Å²) in [5.41, 5.74) is 5.86. The molecule has 0 spiro atoms. The molecule has 2 heterocycles. The fraction of sp³-hybridized carbons (Fsp3) is 0.818. The molecule has 1 unspecified atom stereocenters. The number of aromatic nitrogens is 2. The first kappa shape index (κ1) is 12.1. The second kappa shape index (κ2) is 4.31. The van der Waals surface area contributed by atoms with Crippen molar-refractivity contribution in [3.05, 3.63) is 11.7 Å². The molecule has 2 aliphatic rings. The van der Waals surface area contributed by atoms with Gasteiger partial charge in [0.05, 0.1) is 11.5 Å². The van der Waals surface area contributed by atoms with E-state index in [1.165, 1.54) is 0 Å². The summed E-state index contributed by atoms with van der Waals surface area (Å²) >= 11 is 0. The predicted octanol–water partition coefficient (Wildman–Crippen LogP) is 0.566. The van der Waals surface area contributed by atoms with Crippen molar-refractivity contribution in [1.82, 2.24) is 10.1 Å². The molecule has 3 atom stereocenters. The molecule has 2 fully saturated rings. The van der Waals surface area contributed by atoms with Crippen LogP contribution in [0.4, 0.5) is 0 Å². The van der Waals surface area contributed by atoms with Gasteiger partial charge in [-0.25, -0.2) is 8.42 Å². The van der Waals surface area contributed by atoms with Gasteiger partial charge in [-0.3, -0.25) is 0 Å². The molecule has 1 saturated carbocycles. The molecule has 1 aliphatic heterocycles. The molecule has 7 heteroatoms. The Labute approximate surface area is 106 Å². The molecule has 18 heavy (non-hydrogen) atoms. The first-order valence-electron chi connectivity index (χ1n) is 6.33. The number of sulfone groups is 1. The summed E-state index contributed by atoms with van der Waals surface area (Å²) in [5, 5.41) is 3.94. The van der Waals surface area contributed by atoms with Crippen LogP contribution < -0.4 is 5.73 Å². The van der Waals surface area contributed by atoms with Crippen molar-refractivity contribution in [2.45, 2.75) is 43.6 Å². The molecule has 1 aromatic rings. The van der Waals surface area contributed by atoms with E-state index in [1.54, 1.807) is 0 Å². The van der Waals surface area contributed by atoms with Crippen LogP contribution in [0.2, 0.25) is 0 Å². The van der Waals surface area contributed by atoms with Crippen LogP contribution in [0, 0.1) is 0 Å². The van der Waals surface area contributed by atoms with Crippen molar-refractivity contribution in [3.8, 4) is 0 Å². The highest BCUT2D eigenvalue weighted by molar-refractivity contribution is 7.91. The summed E-state index contributed by atoms with van der Waals surface area (Å²) < 4.78 is 28.1. The maximum atomic E-state index is 11.4. The summed E-state index contributed by atoms with van der Waals surface area (Å²) in [6.07, 6.45) is 3.45. The SMILES string of the molecule is N[C@H]1CC[C@@H](c2nc(C3CCS(=O)(=O)C3)no2)C1. The summed E-state index contributed by atoms with van der Waals surface area (Å²) in [6, 6.07) is 0.220. The van der Waals surface area contributed by atoms with Crippen LogP contribution in [0.5, 0.6) is 0 Å². The molecule has 0 amide bonds. The standard InChI is InChI=1S/C11H17N3O3S/c12-9-2-1-7(5-9)11-13-10(14-17-11)8-3-4-18(15,16)6-8/h7-9H,1-6,12H2/t7-,8?,9+/m1/s1. The maximum Gasteiger partial charge on any atom is 0.229 e. The topological polar surface area (TPSA) is 99.1 Å². The second-order valence-electron chi connectivity index (χ2n) is 5.36. The lowest BCUT2D eigenvalue weighted by atomic mass is 10.1. The van der Waals surface area contributed by atoms with Crippen LogP contribution >= 0.6 is 0 Å². The highest BCUT2D eigenvalue weighted by Crippen LogP contribution is 2.34. The van der Waals surface area contributed by atoms with Crippen LogP contribution in [0.3, 0.4) is 0 Å². The molecule has 1 aromatic heterocycles. The Morgan fingerprint density at radius 2 is 2.06 bits per heavy atom. The normalized spacial score (nSPS) is 35.1. The van der Waals surface area contributed by atoms with Crippen molar-refractivity contribution in [1.29, 1.82) is 0 Å². The number of nitrogens with zero attached hydrogens (tertiary/aromatic N) is 2. The van der Waals surface area contributed by atoms with Crippen LogP contribution in [-0.4, -0.2) is 36.1 Å². The fourth-order valence-electron chi connectivity index (χ4n) is 2.82. The van der Waals surface area contributed by atoms with E-state index < -0.39 is 9.84 Å². The molecule has 6 nitrogen and oxygen atoms in total. The number of rotatable bonds is 2. The summed E-state index contributed by atoms with van der Waals surface area (Å²) in [7, 11) is -2.90. The van der Waals surface area contributed by atoms with Gasteiger partial charge < -0.3 is 10.3 Å². The molecule has 3 rings (SSSR count). The molecule has 1 aliphatic carbocycles. The number of hydrogen-bond acceptors (Lipinski definition) is 6. The highest BCUT2D eigenvalue weighted by Gasteiger charge is 2.34. The molecule has 100 valence electrons. The minimum absolute atomic E-state index is 0.0948.